The van der Waals surface area contributed by atoms with Gasteiger partial charge in [0.25, 0.3) is 0 Å². The monoisotopic (exact) mass is 293 g/mol. The van der Waals surface area contributed by atoms with Crippen LogP contribution < -0.4 is 5.32 Å². The standard InChI is InChI=1S/C14H12ClNO2S/c15-11-6-8-12(9-7-11)16-14(17)10-19(18)13-4-2-1-3-5-13/h1-9H,10H2,(H,16,17). The summed E-state index contributed by atoms with van der Waals surface area (Å²) >= 11 is 5.75. The first-order valence-corrected chi connectivity index (χ1v) is 7.34. The Morgan fingerprint density at radius 2 is 1.68 bits per heavy atom. The lowest BCUT2D eigenvalue weighted by Gasteiger charge is -2.05. The number of carbonyl (C=O) groups is 1. The molecule has 0 radical (unpaired) electrons. The third-order valence-corrected chi connectivity index (χ3v) is 3.97. The van der Waals surface area contributed by atoms with Crippen LogP contribution in [0.1, 0.15) is 0 Å². The van der Waals surface area contributed by atoms with Crippen LogP contribution in [0.3, 0.4) is 0 Å². The highest BCUT2D eigenvalue weighted by molar-refractivity contribution is 7.85. The quantitative estimate of drug-likeness (QED) is 0.941. The second-order valence-electron chi connectivity index (χ2n) is 3.86. The number of anilines is 1. The molecule has 2 aromatic carbocycles. The number of hydrogen-bond acceptors (Lipinski definition) is 2. The van der Waals surface area contributed by atoms with Crippen molar-refractivity contribution >= 4 is 34.0 Å². The lowest BCUT2D eigenvalue weighted by molar-refractivity contribution is -0.113. The number of halogens is 1. The maximum Gasteiger partial charge on any atom is 0.237 e. The largest absolute Gasteiger partial charge is 0.325 e. The average molecular weight is 294 g/mol. The van der Waals surface area contributed by atoms with Crippen molar-refractivity contribution in [3.63, 3.8) is 0 Å². The van der Waals surface area contributed by atoms with Gasteiger partial charge in [0, 0.05) is 15.6 Å². The number of nitrogens with one attached hydrogen (secondary N) is 1. The zero-order valence-electron chi connectivity index (χ0n) is 10.0. The number of rotatable bonds is 4. The molecule has 0 aliphatic carbocycles. The molecule has 0 bridgehead atoms. The smallest absolute Gasteiger partial charge is 0.237 e. The number of amides is 1. The molecule has 3 nitrogen and oxygen atoms in total. The number of carbonyl (C=O) groups excluding carboxylic acids is 1. The zero-order valence-corrected chi connectivity index (χ0v) is 11.6. The van der Waals surface area contributed by atoms with Crippen LogP contribution in [0.25, 0.3) is 0 Å². The van der Waals surface area contributed by atoms with Crippen molar-refractivity contribution in [2.24, 2.45) is 0 Å². The molecule has 1 N–H and O–H groups in total. The SMILES string of the molecule is O=C(CS(=O)c1ccccc1)Nc1ccc(Cl)cc1. The molecule has 0 heterocycles. The molecule has 0 saturated heterocycles. The fourth-order valence-corrected chi connectivity index (χ4v) is 2.57. The highest BCUT2D eigenvalue weighted by Crippen LogP contribution is 2.13. The minimum Gasteiger partial charge on any atom is -0.325 e. The van der Waals surface area contributed by atoms with E-state index in [1.54, 1.807) is 48.5 Å². The van der Waals surface area contributed by atoms with Gasteiger partial charge in [-0.05, 0) is 36.4 Å². The molecular formula is C14H12ClNO2S. The van der Waals surface area contributed by atoms with Gasteiger partial charge in [-0.15, -0.1) is 0 Å². The summed E-state index contributed by atoms with van der Waals surface area (Å²) in [5.74, 6) is -0.350. The van der Waals surface area contributed by atoms with Crippen molar-refractivity contribution in [3.05, 3.63) is 59.6 Å². The molecule has 0 aromatic heterocycles. The Labute approximate surface area is 119 Å². The molecule has 2 rings (SSSR count). The molecule has 0 saturated carbocycles. The Morgan fingerprint density at radius 1 is 1.05 bits per heavy atom. The van der Waals surface area contributed by atoms with Crippen molar-refractivity contribution < 1.29 is 9.00 Å². The average Bonchev–Trinajstić information content (AvgIpc) is 2.42. The Balaban J connectivity index is 1.95. The van der Waals surface area contributed by atoms with Crippen molar-refractivity contribution in [1.82, 2.24) is 0 Å². The Kier molecular flexibility index (Phi) is 4.71. The van der Waals surface area contributed by atoms with Gasteiger partial charge in [-0.3, -0.25) is 9.00 Å². The topological polar surface area (TPSA) is 46.2 Å². The van der Waals surface area contributed by atoms with Gasteiger partial charge in [0.1, 0.15) is 5.75 Å². The summed E-state index contributed by atoms with van der Waals surface area (Å²) in [5, 5.41) is 3.28. The second-order valence-corrected chi connectivity index (χ2v) is 5.75. The van der Waals surface area contributed by atoms with Crippen LogP contribution in [0.5, 0.6) is 0 Å². The molecule has 2 aromatic rings. The van der Waals surface area contributed by atoms with E-state index in [0.29, 0.717) is 15.6 Å². The predicted octanol–water partition coefficient (Wildman–Crippen LogP) is 3.09. The van der Waals surface area contributed by atoms with Crippen LogP contribution in [0.4, 0.5) is 5.69 Å². The highest BCUT2D eigenvalue weighted by Gasteiger charge is 2.10. The van der Waals surface area contributed by atoms with Gasteiger partial charge in [0.15, 0.2) is 0 Å². The van der Waals surface area contributed by atoms with E-state index in [0.717, 1.165) is 0 Å². The molecule has 1 unspecified atom stereocenters. The molecule has 1 atom stereocenters. The van der Waals surface area contributed by atoms with Gasteiger partial charge in [0.05, 0.1) is 10.8 Å². The molecule has 98 valence electrons. The number of hydrogen-bond donors (Lipinski definition) is 1. The van der Waals surface area contributed by atoms with Crippen LogP contribution in [-0.4, -0.2) is 15.9 Å². The lowest BCUT2D eigenvalue weighted by Crippen LogP contribution is -2.19. The minimum absolute atomic E-state index is 0.0629. The van der Waals surface area contributed by atoms with E-state index >= 15 is 0 Å². The second kappa shape index (κ2) is 6.50. The molecule has 0 fully saturated rings. The minimum atomic E-state index is -1.33. The first kappa shape index (κ1) is 13.8. The zero-order chi connectivity index (χ0) is 13.7. The van der Waals surface area contributed by atoms with Crippen molar-refractivity contribution in [1.29, 1.82) is 0 Å². The summed E-state index contributed by atoms with van der Waals surface area (Å²) in [5.41, 5.74) is 0.638. The van der Waals surface area contributed by atoms with Crippen molar-refractivity contribution in [2.45, 2.75) is 4.90 Å². The summed E-state index contributed by atoms with van der Waals surface area (Å²) in [4.78, 5) is 12.4. The first-order valence-electron chi connectivity index (χ1n) is 5.64. The third-order valence-electron chi connectivity index (χ3n) is 2.40. The number of benzene rings is 2. The van der Waals surface area contributed by atoms with Crippen LogP contribution in [0.15, 0.2) is 59.5 Å². The molecule has 19 heavy (non-hydrogen) atoms. The van der Waals surface area contributed by atoms with Crippen molar-refractivity contribution in [3.8, 4) is 0 Å². The molecular weight excluding hydrogens is 282 g/mol. The summed E-state index contributed by atoms with van der Waals surface area (Å²) in [6.07, 6.45) is 0. The van der Waals surface area contributed by atoms with Gasteiger partial charge in [0.2, 0.25) is 5.91 Å². The van der Waals surface area contributed by atoms with Crippen molar-refractivity contribution in [2.75, 3.05) is 11.1 Å². The van der Waals surface area contributed by atoms with E-state index in [2.05, 4.69) is 5.32 Å². The van der Waals surface area contributed by atoms with Gasteiger partial charge >= 0.3 is 0 Å². The summed E-state index contributed by atoms with van der Waals surface area (Å²) in [6.45, 7) is 0. The maximum absolute atomic E-state index is 11.9. The van der Waals surface area contributed by atoms with E-state index in [9.17, 15) is 9.00 Å². The summed E-state index contributed by atoms with van der Waals surface area (Å²) in [6, 6.07) is 15.7. The Morgan fingerprint density at radius 3 is 2.32 bits per heavy atom. The lowest BCUT2D eigenvalue weighted by atomic mass is 10.3. The fraction of sp³-hybridized carbons (Fsp3) is 0.0714. The van der Waals surface area contributed by atoms with E-state index in [1.165, 1.54) is 0 Å². The van der Waals surface area contributed by atoms with Crippen LogP contribution in [-0.2, 0) is 15.6 Å². The van der Waals surface area contributed by atoms with Gasteiger partial charge in [-0.2, -0.15) is 0 Å². The van der Waals surface area contributed by atoms with Crippen LogP contribution >= 0.6 is 11.6 Å². The molecule has 0 spiro atoms. The molecule has 0 aliphatic rings. The predicted molar refractivity (Wildman–Crippen MR) is 77.8 cm³/mol. The van der Waals surface area contributed by atoms with E-state index in [4.69, 9.17) is 11.6 Å². The molecule has 5 heteroatoms. The first-order chi connectivity index (χ1) is 9.15. The van der Waals surface area contributed by atoms with Crippen LogP contribution in [0, 0.1) is 0 Å². The fourth-order valence-electron chi connectivity index (χ4n) is 1.50. The van der Waals surface area contributed by atoms with E-state index < -0.39 is 10.8 Å². The highest BCUT2D eigenvalue weighted by atomic mass is 35.5. The third kappa shape index (κ3) is 4.19. The normalized spacial score (nSPS) is 11.8. The van der Waals surface area contributed by atoms with Gasteiger partial charge in [-0.1, -0.05) is 29.8 Å². The summed E-state index contributed by atoms with van der Waals surface area (Å²) < 4.78 is 11.9. The van der Waals surface area contributed by atoms with E-state index in [1.807, 2.05) is 6.07 Å². The van der Waals surface area contributed by atoms with Gasteiger partial charge in [-0.25, -0.2) is 0 Å². The Bertz CT molecular complexity index is 584. The Hall–Kier alpha value is -1.65. The maximum atomic E-state index is 11.9. The molecule has 1 amide bonds. The molecule has 0 aliphatic heterocycles. The van der Waals surface area contributed by atoms with E-state index in [-0.39, 0.29) is 11.7 Å². The van der Waals surface area contributed by atoms with Gasteiger partial charge < -0.3 is 5.32 Å². The summed E-state index contributed by atoms with van der Waals surface area (Å²) in [7, 11) is -1.33. The van der Waals surface area contributed by atoms with Crippen LogP contribution in [0.2, 0.25) is 5.02 Å².